The number of aryl methyl sites for hydroxylation is 1. The normalized spacial score (nSPS) is 21.0. The molecule has 1 atom stereocenters. The molecule has 24 heavy (non-hydrogen) atoms. The molecule has 0 bridgehead atoms. The fourth-order valence-corrected chi connectivity index (χ4v) is 3.47. The maximum absolute atomic E-state index is 12.0. The van der Waals surface area contributed by atoms with Gasteiger partial charge >= 0.3 is 0 Å². The minimum atomic E-state index is 0.154. The zero-order valence-electron chi connectivity index (χ0n) is 15.3. The highest BCUT2D eigenvalue weighted by Gasteiger charge is 2.30. The van der Waals surface area contributed by atoms with Gasteiger partial charge in [0, 0.05) is 63.0 Å². The molecule has 6 nitrogen and oxygen atoms in total. The topological polar surface area (TPSA) is 53.4 Å². The van der Waals surface area contributed by atoms with Crippen LogP contribution >= 0.6 is 0 Å². The predicted octanol–water partition coefficient (Wildman–Crippen LogP) is 1.33. The maximum Gasteiger partial charge on any atom is 0.234 e. The lowest BCUT2D eigenvalue weighted by Crippen LogP contribution is -2.49. The molecule has 1 amide bonds. The third-order valence-corrected chi connectivity index (χ3v) is 5.27. The summed E-state index contributed by atoms with van der Waals surface area (Å²) in [5.41, 5.74) is 2.83. The first-order valence-corrected chi connectivity index (χ1v) is 9.31. The molecule has 1 N–H and O–H groups in total. The fourth-order valence-electron chi connectivity index (χ4n) is 3.47. The zero-order valence-corrected chi connectivity index (χ0v) is 15.3. The summed E-state index contributed by atoms with van der Waals surface area (Å²) in [5.74, 6) is 0.888. The van der Waals surface area contributed by atoms with Crippen LogP contribution in [0.15, 0.2) is 6.20 Å². The van der Waals surface area contributed by atoms with E-state index in [0.717, 1.165) is 45.1 Å². The second kappa shape index (κ2) is 7.66. The summed E-state index contributed by atoms with van der Waals surface area (Å²) in [6.45, 7) is 9.65. The molecule has 6 heteroatoms. The molecule has 1 saturated heterocycles. The Bertz CT molecular complexity index is 558. The number of aromatic nitrogens is 2. The number of amides is 1. The minimum absolute atomic E-state index is 0.154. The molecule has 1 saturated carbocycles. The molecule has 0 spiro atoms. The fraction of sp³-hybridized carbons (Fsp3) is 0.778. The number of carbonyl (C=O) groups is 1. The SMILES string of the molecule is CCC(C)NC(=O)CN1CCN(Cc2cnn(C)c2C2CC2)CC1. The first-order chi connectivity index (χ1) is 11.6. The monoisotopic (exact) mass is 333 g/mol. The number of hydrogen-bond acceptors (Lipinski definition) is 4. The van der Waals surface area contributed by atoms with Crippen molar-refractivity contribution in [2.24, 2.45) is 7.05 Å². The van der Waals surface area contributed by atoms with E-state index in [1.165, 1.54) is 24.1 Å². The van der Waals surface area contributed by atoms with E-state index in [9.17, 15) is 4.79 Å². The summed E-state index contributed by atoms with van der Waals surface area (Å²) in [4.78, 5) is 16.8. The van der Waals surface area contributed by atoms with Crippen LogP contribution in [0.3, 0.4) is 0 Å². The Morgan fingerprint density at radius 3 is 2.58 bits per heavy atom. The summed E-state index contributed by atoms with van der Waals surface area (Å²) < 4.78 is 2.06. The molecule has 1 aromatic heterocycles. The summed E-state index contributed by atoms with van der Waals surface area (Å²) >= 11 is 0. The van der Waals surface area contributed by atoms with Gasteiger partial charge in [-0.15, -0.1) is 0 Å². The average Bonchev–Trinajstić information content (AvgIpc) is 3.33. The number of piperazine rings is 1. The molecule has 3 rings (SSSR count). The summed E-state index contributed by atoms with van der Waals surface area (Å²) in [6.07, 6.45) is 5.64. The second-order valence-electron chi connectivity index (χ2n) is 7.38. The second-order valence-corrected chi connectivity index (χ2v) is 7.38. The van der Waals surface area contributed by atoms with E-state index in [-0.39, 0.29) is 11.9 Å². The minimum Gasteiger partial charge on any atom is -0.353 e. The summed E-state index contributed by atoms with van der Waals surface area (Å²) in [6, 6.07) is 0.269. The molecular weight excluding hydrogens is 302 g/mol. The van der Waals surface area contributed by atoms with Crippen LogP contribution in [0, 0.1) is 0 Å². The van der Waals surface area contributed by atoms with Gasteiger partial charge in [0.15, 0.2) is 0 Å². The van der Waals surface area contributed by atoms with Crippen molar-refractivity contribution in [3.63, 3.8) is 0 Å². The van der Waals surface area contributed by atoms with Crippen molar-refractivity contribution >= 4 is 5.91 Å². The number of carbonyl (C=O) groups excluding carboxylic acids is 1. The van der Waals surface area contributed by atoms with Crippen LogP contribution in [-0.4, -0.2) is 64.3 Å². The van der Waals surface area contributed by atoms with Crippen LogP contribution in [0.4, 0.5) is 0 Å². The number of hydrogen-bond donors (Lipinski definition) is 1. The molecule has 1 unspecified atom stereocenters. The van der Waals surface area contributed by atoms with Crippen molar-refractivity contribution in [1.29, 1.82) is 0 Å². The van der Waals surface area contributed by atoms with Crippen molar-refractivity contribution in [3.05, 3.63) is 17.5 Å². The Labute approximate surface area is 145 Å². The van der Waals surface area contributed by atoms with Gasteiger partial charge in [0.05, 0.1) is 12.7 Å². The Morgan fingerprint density at radius 1 is 1.29 bits per heavy atom. The highest BCUT2D eigenvalue weighted by molar-refractivity contribution is 5.78. The molecule has 134 valence electrons. The lowest BCUT2D eigenvalue weighted by atomic mass is 10.1. The highest BCUT2D eigenvalue weighted by atomic mass is 16.2. The first-order valence-electron chi connectivity index (χ1n) is 9.31. The molecule has 1 aliphatic carbocycles. The third kappa shape index (κ3) is 4.36. The molecule has 1 aliphatic heterocycles. The first kappa shape index (κ1) is 17.4. The van der Waals surface area contributed by atoms with Crippen molar-refractivity contribution in [2.75, 3.05) is 32.7 Å². The molecule has 2 heterocycles. The number of rotatable bonds is 7. The third-order valence-electron chi connectivity index (χ3n) is 5.27. The maximum atomic E-state index is 12.0. The van der Waals surface area contributed by atoms with Gasteiger partial charge in [0.2, 0.25) is 5.91 Å². The molecule has 2 fully saturated rings. The van der Waals surface area contributed by atoms with Crippen molar-refractivity contribution in [1.82, 2.24) is 24.9 Å². The van der Waals surface area contributed by atoms with Gasteiger partial charge in [-0.2, -0.15) is 5.10 Å². The van der Waals surface area contributed by atoms with Gasteiger partial charge in [-0.1, -0.05) is 6.92 Å². The van der Waals surface area contributed by atoms with E-state index in [0.29, 0.717) is 6.54 Å². The molecule has 1 aromatic rings. The Hall–Kier alpha value is -1.40. The van der Waals surface area contributed by atoms with Crippen LogP contribution in [0.2, 0.25) is 0 Å². The van der Waals surface area contributed by atoms with Crippen LogP contribution in [0.1, 0.15) is 50.3 Å². The van der Waals surface area contributed by atoms with E-state index in [1.54, 1.807) is 0 Å². The van der Waals surface area contributed by atoms with E-state index in [4.69, 9.17) is 0 Å². The van der Waals surface area contributed by atoms with Gasteiger partial charge in [-0.25, -0.2) is 0 Å². The van der Waals surface area contributed by atoms with Crippen LogP contribution in [0.25, 0.3) is 0 Å². The van der Waals surface area contributed by atoms with Gasteiger partial charge in [-0.3, -0.25) is 19.3 Å². The van der Waals surface area contributed by atoms with Crippen LogP contribution < -0.4 is 5.32 Å². The standard InChI is InChI=1S/C18H31N5O/c1-4-14(2)20-17(24)13-23-9-7-22(8-10-23)12-16-11-19-21(3)18(16)15-5-6-15/h11,14-15H,4-10,12-13H2,1-3H3,(H,20,24). The van der Waals surface area contributed by atoms with Gasteiger partial charge in [-0.05, 0) is 26.2 Å². The Kier molecular flexibility index (Phi) is 5.56. The van der Waals surface area contributed by atoms with Gasteiger partial charge in [0.1, 0.15) is 0 Å². The largest absolute Gasteiger partial charge is 0.353 e. The Morgan fingerprint density at radius 2 is 1.96 bits per heavy atom. The summed E-state index contributed by atoms with van der Waals surface area (Å²) in [7, 11) is 2.06. The molecule has 0 aromatic carbocycles. The summed E-state index contributed by atoms with van der Waals surface area (Å²) in [5, 5.41) is 7.51. The van der Waals surface area contributed by atoms with E-state index in [1.807, 2.05) is 6.20 Å². The van der Waals surface area contributed by atoms with Gasteiger partial charge in [0.25, 0.3) is 0 Å². The lowest BCUT2D eigenvalue weighted by molar-refractivity contribution is -0.123. The van der Waals surface area contributed by atoms with Crippen LogP contribution in [0.5, 0.6) is 0 Å². The smallest absolute Gasteiger partial charge is 0.234 e. The number of nitrogens with one attached hydrogen (secondary N) is 1. The van der Waals surface area contributed by atoms with Crippen molar-refractivity contribution in [2.45, 2.75) is 51.6 Å². The van der Waals surface area contributed by atoms with E-state index < -0.39 is 0 Å². The van der Waals surface area contributed by atoms with E-state index in [2.05, 4.69) is 45.8 Å². The lowest BCUT2D eigenvalue weighted by Gasteiger charge is -2.34. The van der Waals surface area contributed by atoms with Gasteiger partial charge < -0.3 is 5.32 Å². The molecule has 2 aliphatic rings. The predicted molar refractivity (Wildman–Crippen MR) is 94.8 cm³/mol. The van der Waals surface area contributed by atoms with Crippen LogP contribution in [-0.2, 0) is 18.4 Å². The molecule has 0 radical (unpaired) electrons. The highest BCUT2D eigenvalue weighted by Crippen LogP contribution is 2.41. The Balaban J connectivity index is 1.45. The van der Waals surface area contributed by atoms with E-state index >= 15 is 0 Å². The zero-order chi connectivity index (χ0) is 17.1. The van der Waals surface area contributed by atoms with Crippen molar-refractivity contribution < 1.29 is 4.79 Å². The average molecular weight is 333 g/mol. The van der Waals surface area contributed by atoms with Crippen molar-refractivity contribution in [3.8, 4) is 0 Å². The number of nitrogens with zero attached hydrogens (tertiary/aromatic N) is 4. The quantitative estimate of drug-likeness (QED) is 0.818. The molecular formula is C18H31N5O.